The summed E-state index contributed by atoms with van der Waals surface area (Å²) in [7, 11) is 0. The van der Waals surface area contributed by atoms with Gasteiger partial charge in [0.1, 0.15) is 5.82 Å². The van der Waals surface area contributed by atoms with Crippen LogP contribution < -0.4 is 10.6 Å². The van der Waals surface area contributed by atoms with E-state index in [0.29, 0.717) is 19.5 Å². The molecule has 2 N–H and O–H groups in total. The molecule has 3 nitrogen and oxygen atoms in total. The summed E-state index contributed by atoms with van der Waals surface area (Å²) in [6.07, 6.45) is 5.62. The number of amides is 1. The second-order valence-electron chi connectivity index (χ2n) is 7.06. The van der Waals surface area contributed by atoms with Crippen LogP contribution in [-0.4, -0.2) is 19.0 Å². The molecule has 26 heavy (non-hydrogen) atoms. The lowest BCUT2D eigenvalue weighted by molar-refractivity contribution is -0.120. The van der Waals surface area contributed by atoms with Crippen molar-refractivity contribution in [3.63, 3.8) is 0 Å². The molecule has 0 saturated heterocycles. The third-order valence-corrected chi connectivity index (χ3v) is 5.09. The van der Waals surface area contributed by atoms with Crippen molar-refractivity contribution in [1.29, 1.82) is 0 Å². The zero-order chi connectivity index (χ0) is 18.4. The average Bonchev–Trinajstić information content (AvgIpc) is 2.67. The fourth-order valence-corrected chi connectivity index (χ4v) is 3.45. The predicted octanol–water partition coefficient (Wildman–Crippen LogP) is 3.71. The highest BCUT2D eigenvalue weighted by Crippen LogP contribution is 2.24. The molecule has 0 bridgehead atoms. The summed E-state index contributed by atoms with van der Waals surface area (Å²) in [6, 6.07) is 13.2. The number of nitrogens with one attached hydrogen (secondary N) is 2. The molecule has 1 amide bonds. The predicted molar refractivity (Wildman–Crippen MR) is 103 cm³/mol. The molecule has 2 aromatic rings. The fraction of sp³-hybridized carbons (Fsp3) is 0.409. The van der Waals surface area contributed by atoms with E-state index < -0.39 is 0 Å². The third kappa shape index (κ3) is 5.15. The Morgan fingerprint density at radius 1 is 1.08 bits per heavy atom. The van der Waals surface area contributed by atoms with Crippen molar-refractivity contribution in [2.75, 3.05) is 13.1 Å². The Balaban J connectivity index is 1.41. The van der Waals surface area contributed by atoms with E-state index in [9.17, 15) is 9.18 Å². The van der Waals surface area contributed by atoms with Crippen molar-refractivity contribution in [2.24, 2.45) is 0 Å². The Morgan fingerprint density at radius 3 is 2.58 bits per heavy atom. The molecule has 1 atom stereocenters. The van der Waals surface area contributed by atoms with E-state index in [-0.39, 0.29) is 17.8 Å². The lowest BCUT2D eigenvalue weighted by atomic mass is 9.89. The van der Waals surface area contributed by atoms with E-state index >= 15 is 0 Å². The van der Waals surface area contributed by atoms with Crippen LogP contribution in [0.5, 0.6) is 0 Å². The van der Waals surface area contributed by atoms with Crippen LogP contribution >= 0.6 is 0 Å². The molecule has 2 aromatic carbocycles. The molecule has 1 unspecified atom stereocenters. The maximum Gasteiger partial charge on any atom is 0.233 e. The molecule has 0 saturated carbocycles. The van der Waals surface area contributed by atoms with Gasteiger partial charge in [0.25, 0.3) is 0 Å². The first-order valence-corrected chi connectivity index (χ1v) is 9.48. The second kappa shape index (κ2) is 8.95. The topological polar surface area (TPSA) is 41.1 Å². The zero-order valence-electron chi connectivity index (χ0n) is 15.4. The van der Waals surface area contributed by atoms with Crippen LogP contribution in [0.3, 0.4) is 0 Å². The SMILES string of the molecule is CC(NCC(=O)NCCc1ccc(F)cc1)c1ccc2c(c1)CCCC2. The Labute approximate surface area is 155 Å². The highest BCUT2D eigenvalue weighted by molar-refractivity contribution is 5.78. The summed E-state index contributed by atoms with van der Waals surface area (Å²) in [6.45, 7) is 2.94. The van der Waals surface area contributed by atoms with Crippen molar-refractivity contribution in [2.45, 2.75) is 45.1 Å². The lowest BCUT2D eigenvalue weighted by Gasteiger charge is -2.20. The Bertz CT molecular complexity index is 742. The van der Waals surface area contributed by atoms with Crippen LogP contribution in [0.4, 0.5) is 4.39 Å². The molecule has 4 heteroatoms. The quantitative estimate of drug-likeness (QED) is 0.796. The number of hydrogen-bond acceptors (Lipinski definition) is 2. The average molecular weight is 354 g/mol. The molecule has 0 radical (unpaired) electrons. The largest absolute Gasteiger partial charge is 0.355 e. The van der Waals surface area contributed by atoms with Crippen LogP contribution in [-0.2, 0) is 24.1 Å². The van der Waals surface area contributed by atoms with Gasteiger partial charge in [-0.1, -0.05) is 30.3 Å². The number of benzene rings is 2. The monoisotopic (exact) mass is 354 g/mol. The van der Waals surface area contributed by atoms with E-state index in [1.807, 2.05) is 0 Å². The minimum Gasteiger partial charge on any atom is -0.355 e. The van der Waals surface area contributed by atoms with Crippen molar-refractivity contribution in [3.05, 3.63) is 70.5 Å². The van der Waals surface area contributed by atoms with Gasteiger partial charge >= 0.3 is 0 Å². The van der Waals surface area contributed by atoms with Crippen molar-refractivity contribution >= 4 is 5.91 Å². The number of fused-ring (bicyclic) bond motifs is 1. The lowest BCUT2D eigenvalue weighted by Crippen LogP contribution is -2.36. The van der Waals surface area contributed by atoms with E-state index in [0.717, 1.165) is 5.56 Å². The third-order valence-electron chi connectivity index (χ3n) is 5.09. The van der Waals surface area contributed by atoms with Gasteiger partial charge in [0, 0.05) is 12.6 Å². The summed E-state index contributed by atoms with van der Waals surface area (Å²) in [4.78, 5) is 12.0. The van der Waals surface area contributed by atoms with E-state index in [1.165, 1.54) is 54.5 Å². The number of halogens is 1. The number of hydrogen-bond donors (Lipinski definition) is 2. The highest BCUT2D eigenvalue weighted by atomic mass is 19.1. The van der Waals surface area contributed by atoms with Crippen LogP contribution in [0.15, 0.2) is 42.5 Å². The molecule has 0 aliphatic heterocycles. The van der Waals surface area contributed by atoms with Crippen LogP contribution in [0.1, 0.15) is 48.1 Å². The summed E-state index contributed by atoms with van der Waals surface area (Å²) in [5.41, 5.74) is 5.20. The maximum atomic E-state index is 12.9. The summed E-state index contributed by atoms with van der Waals surface area (Å²) in [5.74, 6) is -0.255. The minimum atomic E-state index is -0.238. The van der Waals surface area contributed by atoms with Gasteiger partial charge in [0.2, 0.25) is 5.91 Å². The van der Waals surface area contributed by atoms with Gasteiger partial charge in [-0.3, -0.25) is 4.79 Å². The number of rotatable bonds is 7. The van der Waals surface area contributed by atoms with Gasteiger partial charge in [-0.2, -0.15) is 0 Å². The molecular formula is C22H27FN2O. The van der Waals surface area contributed by atoms with Gasteiger partial charge in [0.15, 0.2) is 0 Å². The van der Waals surface area contributed by atoms with E-state index in [4.69, 9.17) is 0 Å². The van der Waals surface area contributed by atoms with Gasteiger partial charge in [-0.05, 0) is 73.4 Å². The molecule has 0 spiro atoms. The van der Waals surface area contributed by atoms with Crippen molar-refractivity contribution < 1.29 is 9.18 Å². The first-order valence-electron chi connectivity index (χ1n) is 9.48. The van der Waals surface area contributed by atoms with Gasteiger partial charge in [0.05, 0.1) is 6.54 Å². The summed E-state index contributed by atoms with van der Waals surface area (Å²) < 4.78 is 12.9. The van der Waals surface area contributed by atoms with Crippen LogP contribution in [0.25, 0.3) is 0 Å². The molecule has 0 heterocycles. The Morgan fingerprint density at radius 2 is 1.81 bits per heavy atom. The number of carbonyl (C=O) groups excluding carboxylic acids is 1. The minimum absolute atomic E-state index is 0.0167. The van der Waals surface area contributed by atoms with Crippen LogP contribution in [0.2, 0.25) is 0 Å². The molecular weight excluding hydrogens is 327 g/mol. The second-order valence-corrected chi connectivity index (χ2v) is 7.06. The fourth-order valence-electron chi connectivity index (χ4n) is 3.45. The molecule has 0 aromatic heterocycles. The first-order chi connectivity index (χ1) is 12.6. The summed E-state index contributed by atoms with van der Waals surface area (Å²) >= 11 is 0. The van der Waals surface area contributed by atoms with Gasteiger partial charge in [-0.15, -0.1) is 0 Å². The smallest absolute Gasteiger partial charge is 0.233 e. The number of aryl methyl sites for hydroxylation is 2. The zero-order valence-corrected chi connectivity index (χ0v) is 15.4. The van der Waals surface area contributed by atoms with Crippen molar-refractivity contribution in [1.82, 2.24) is 10.6 Å². The normalized spacial score (nSPS) is 14.5. The Hall–Kier alpha value is -2.20. The first kappa shape index (κ1) is 18.6. The molecule has 0 fully saturated rings. The molecule has 3 rings (SSSR count). The van der Waals surface area contributed by atoms with Gasteiger partial charge in [-0.25, -0.2) is 4.39 Å². The molecule has 1 aliphatic rings. The van der Waals surface area contributed by atoms with Gasteiger partial charge < -0.3 is 10.6 Å². The number of carbonyl (C=O) groups is 1. The standard InChI is InChI=1S/C22H27FN2O/c1-16(19-9-8-18-4-2-3-5-20(18)14-19)25-15-22(26)24-13-12-17-6-10-21(23)11-7-17/h6-11,14,16,25H,2-5,12-13,15H2,1H3,(H,24,26). The highest BCUT2D eigenvalue weighted by Gasteiger charge is 2.13. The van der Waals surface area contributed by atoms with E-state index in [1.54, 1.807) is 12.1 Å². The molecule has 1 aliphatic carbocycles. The summed E-state index contributed by atoms with van der Waals surface area (Å²) in [5, 5.41) is 6.21. The van der Waals surface area contributed by atoms with Crippen molar-refractivity contribution in [3.8, 4) is 0 Å². The van der Waals surface area contributed by atoms with E-state index in [2.05, 4.69) is 35.8 Å². The molecule has 138 valence electrons. The maximum absolute atomic E-state index is 12.9. The Kier molecular flexibility index (Phi) is 6.40. The van der Waals surface area contributed by atoms with Crippen LogP contribution in [0, 0.1) is 5.82 Å².